The van der Waals surface area contributed by atoms with Gasteiger partial charge in [0.05, 0.1) is 11.4 Å². The van der Waals surface area contributed by atoms with Crippen molar-refractivity contribution in [2.45, 2.75) is 26.7 Å². The molecule has 1 aliphatic carbocycles. The predicted octanol–water partition coefficient (Wildman–Crippen LogP) is 7.47. The Morgan fingerprint density at radius 3 is 2.21 bits per heavy atom. The number of anilines is 2. The lowest BCUT2D eigenvalue weighted by Gasteiger charge is -2.35. The Hall–Kier alpha value is -3.26. The maximum Gasteiger partial charge on any atom is 0.151 e. The number of fused-ring (bicyclic) bond motifs is 1. The van der Waals surface area contributed by atoms with E-state index in [2.05, 4.69) is 77.7 Å². The third-order valence-electron chi connectivity index (χ3n) is 4.91. The van der Waals surface area contributed by atoms with E-state index < -0.39 is 0 Å². The quantitative estimate of drug-likeness (QED) is 0.466. The van der Waals surface area contributed by atoms with Gasteiger partial charge in [0.1, 0.15) is 5.76 Å². The minimum absolute atomic E-state index is 0.925. The zero-order valence-electron chi connectivity index (χ0n) is 16.4. The molecule has 1 aliphatic heterocycles. The molecule has 0 unspecified atom stereocenters. The maximum absolute atomic E-state index is 6.17. The Bertz CT molecular complexity index is 1000. The highest BCUT2D eigenvalue weighted by Crippen LogP contribution is 2.44. The molecule has 0 fully saturated rings. The second kappa shape index (κ2) is 8.18. The highest BCUT2D eigenvalue weighted by Gasteiger charge is 2.27. The standard InChI is InChI=1S/C24H19NO.C2H6/c1-2-8-18(9-3-1)19-14-16-20(17-15-19)25-21-10-4-6-12-23(21)26-24-13-7-5-11-22(24)25;1-2/h1-6,8-12,14-17H,7,13H2;1-2H3. The van der Waals surface area contributed by atoms with Gasteiger partial charge in [-0.3, -0.25) is 0 Å². The SMILES string of the molecule is C1=CC2=C(CC1)Oc1ccccc1N2c1ccc(-c2ccccc2)cc1.CC. The van der Waals surface area contributed by atoms with E-state index in [9.17, 15) is 0 Å². The second-order valence-electron chi connectivity index (χ2n) is 6.57. The zero-order chi connectivity index (χ0) is 19.3. The van der Waals surface area contributed by atoms with E-state index in [-0.39, 0.29) is 0 Å². The number of rotatable bonds is 2. The first-order valence-electron chi connectivity index (χ1n) is 10.0. The summed E-state index contributed by atoms with van der Waals surface area (Å²) in [6, 6.07) is 27.5. The normalized spacial score (nSPS) is 14.4. The van der Waals surface area contributed by atoms with Crippen LogP contribution in [0.4, 0.5) is 11.4 Å². The first-order valence-corrected chi connectivity index (χ1v) is 10.0. The molecule has 28 heavy (non-hydrogen) atoms. The molecule has 0 saturated heterocycles. The van der Waals surface area contributed by atoms with Crippen molar-refractivity contribution < 1.29 is 4.74 Å². The van der Waals surface area contributed by atoms with Gasteiger partial charge in [-0.15, -0.1) is 0 Å². The van der Waals surface area contributed by atoms with E-state index in [4.69, 9.17) is 4.74 Å². The van der Waals surface area contributed by atoms with Crippen molar-refractivity contribution in [1.82, 2.24) is 0 Å². The van der Waals surface area contributed by atoms with Crippen LogP contribution < -0.4 is 9.64 Å². The van der Waals surface area contributed by atoms with Crippen molar-refractivity contribution in [2.75, 3.05) is 4.90 Å². The van der Waals surface area contributed by atoms with Gasteiger partial charge in [0, 0.05) is 12.1 Å². The van der Waals surface area contributed by atoms with E-state index in [1.807, 2.05) is 32.0 Å². The molecule has 2 heteroatoms. The summed E-state index contributed by atoms with van der Waals surface area (Å²) in [5.41, 5.74) is 5.84. The van der Waals surface area contributed by atoms with Gasteiger partial charge >= 0.3 is 0 Å². The zero-order valence-corrected chi connectivity index (χ0v) is 16.4. The number of nitrogens with zero attached hydrogens (tertiary/aromatic N) is 1. The fraction of sp³-hybridized carbons (Fsp3) is 0.154. The highest BCUT2D eigenvalue weighted by atomic mass is 16.5. The Balaban J connectivity index is 0.000000932. The van der Waals surface area contributed by atoms with E-state index >= 15 is 0 Å². The second-order valence-corrected chi connectivity index (χ2v) is 6.57. The first kappa shape index (κ1) is 18.1. The molecule has 0 N–H and O–H groups in total. The van der Waals surface area contributed by atoms with Gasteiger partial charge in [-0.25, -0.2) is 0 Å². The summed E-state index contributed by atoms with van der Waals surface area (Å²) in [5.74, 6) is 1.98. The molecule has 0 bridgehead atoms. The lowest BCUT2D eigenvalue weighted by molar-refractivity contribution is 0.388. The number of para-hydroxylation sites is 2. The molecule has 0 saturated carbocycles. The molecule has 5 rings (SSSR count). The van der Waals surface area contributed by atoms with Crippen LogP contribution in [0.1, 0.15) is 26.7 Å². The molecular formula is C26H25NO. The van der Waals surface area contributed by atoms with Crippen LogP contribution >= 0.6 is 0 Å². The van der Waals surface area contributed by atoms with Crippen LogP contribution in [0.5, 0.6) is 5.75 Å². The summed E-state index contributed by atoms with van der Waals surface area (Å²) < 4.78 is 6.17. The summed E-state index contributed by atoms with van der Waals surface area (Å²) >= 11 is 0. The summed E-state index contributed by atoms with van der Waals surface area (Å²) in [7, 11) is 0. The predicted molar refractivity (Wildman–Crippen MR) is 118 cm³/mol. The monoisotopic (exact) mass is 367 g/mol. The Morgan fingerprint density at radius 2 is 1.43 bits per heavy atom. The van der Waals surface area contributed by atoms with Gasteiger partial charge in [-0.2, -0.15) is 0 Å². The van der Waals surface area contributed by atoms with Crippen LogP contribution in [0.25, 0.3) is 11.1 Å². The van der Waals surface area contributed by atoms with Crippen molar-refractivity contribution >= 4 is 11.4 Å². The maximum atomic E-state index is 6.17. The molecule has 3 aromatic rings. The number of benzene rings is 3. The smallest absolute Gasteiger partial charge is 0.151 e. The van der Waals surface area contributed by atoms with Gasteiger partial charge in [0.25, 0.3) is 0 Å². The highest BCUT2D eigenvalue weighted by molar-refractivity contribution is 5.78. The Morgan fingerprint density at radius 1 is 0.750 bits per heavy atom. The number of hydrogen-bond acceptors (Lipinski definition) is 2. The lowest BCUT2D eigenvalue weighted by atomic mass is 10.0. The van der Waals surface area contributed by atoms with Crippen molar-refractivity contribution in [3.05, 3.63) is 102 Å². The molecule has 0 atom stereocenters. The summed E-state index contributed by atoms with van der Waals surface area (Å²) in [5, 5.41) is 0. The van der Waals surface area contributed by atoms with Gasteiger partial charge in [-0.05, 0) is 47.9 Å². The fourth-order valence-electron chi connectivity index (χ4n) is 3.64. The fourth-order valence-corrected chi connectivity index (χ4v) is 3.64. The van der Waals surface area contributed by atoms with Gasteiger partial charge in [-0.1, -0.05) is 74.5 Å². The van der Waals surface area contributed by atoms with Crippen LogP contribution in [0.15, 0.2) is 102 Å². The third-order valence-corrected chi connectivity index (χ3v) is 4.91. The summed E-state index contributed by atoms with van der Waals surface area (Å²) in [6.45, 7) is 4.00. The van der Waals surface area contributed by atoms with Crippen molar-refractivity contribution in [2.24, 2.45) is 0 Å². The van der Waals surface area contributed by atoms with E-state index in [1.165, 1.54) is 11.1 Å². The molecule has 0 spiro atoms. The van der Waals surface area contributed by atoms with Crippen molar-refractivity contribution in [1.29, 1.82) is 0 Å². The van der Waals surface area contributed by atoms with Gasteiger partial charge < -0.3 is 9.64 Å². The molecule has 1 heterocycles. The number of allylic oxidation sites excluding steroid dienone is 3. The molecule has 2 aliphatic rings. The van der Waals surface area contributed by atoms with Crippen LogP contribution in [-0.2, 0) is 0 Å². The number of ether oxygens (including phenoxy) is 1. The van der Waals surface area contributed by atoms with E-state index in [0.717, 1.165) is 41.4 Å². The average Bonchev–Trinajstić information content (AvgIpc) is 2.79. The largest absolute Gasteiger partial charge is 0.457 e. The first-order chi connectivity index (χ1) is 13.9. The van der Waals surface area contributed by atoms with Crippen molar-refractivity contribution in [3.8, 4) is 16.9 Å². The van der Waals surface area contributed by atoms with Crippen LogP contribution in [0, 0.1) is 0 Å². The summed E-state index contributed by atoms with van der Waals surface area (Å²) in [4.78, 5) is 2.30. The van der Waals surface area contributed by atoms with Gasteiger partial charge in [0.15, 0.2) is 5.75 Å². The minimum Gasteiger partial charge on any atom is -0.457 e. The topological polar surface area (TPSA) is 12.5 Å². The molecule has 0 aromatic heterocycles. The van der Waals surface area contributed by atoms with E-state index in [0.29, 0.717) is 0 Å². The Labute approximate surface area is 167 Å². The van der Waals surface area contributed by atoms with Gasteiger partial charge in [0.2, 0.25) is 0 Å². The minimum atomic E-state index is 0.925. The number of hydrogen-bond donors (Lipinski definition) is 0. The van der Waals surface area contributed by atoms with E-state index in [1.54, 1.807) is 0 Å². The van der Waals surface area contributed by atoms with Crippen LogP contribution in [-0.4, -0.2) is 0 Å². The third kappa shape index (κ3) is 3.34. The Kier molecular flexibility index (Phi) is 5.29. The molecule has 3 aromatic carbocycles. The lowest BCUT2D eigenvalue weighted by Crippen LogP contribution is -2.24. The molecule has 0 radical (unpaired) electrons. The van der Waals surface area contributed by atoms with Crippen LogP contribution in [0.2, 0.25) is 0 Å². The molecule has 0 amide bonds. The average molecular weight is 367 g/mol. The molecular weight excluding hydrogens is 342 g/mol. The van der Waals surface area contributed by atoms with Crippen LogP contribution in [0.3, 0.4) is 0 Å². The molecule has 140 valence electrons. The summed E-state index contributed by atoms with van der Waals surface area (Å²) in [6.07, 6.45) is 6.38. The van der Waals surface area contributed by atoms with Crippen molar-refractivity contribution in [3.63, 3.8) is 0 Å². The molecule has 2 nitrogen and oxygen atoms in total.